The Kier molecular flexibility index (Phi) is 2.26. The van der Waals surface area contributed by atoms with E-state index in [-0.39, 0.29) is 12.3 Å². The van der Waals surface area contributed by atoms with E-state index < -0.39 is 5.97 Å². The first-order valence-electron chi connectivity index (χ1n) is 4.21. The number of nitrogens with zero attached hydrogens (tertiary/aromatic N) is 2. The van der Waals surface area contributed by atoms with Gasteiger partial charge in [-0.3, -0.25) is 0 Å². The van der Waals surface area contributed by atoms with Crippen LogP contribution in [0.4, 0.5) is 5.69 Å². The molecule has 6 heteroatoms. The Morgan fingerprint density at radius 1 is 1.47 bits per heavy atom. The van der Waals surface area contributed by atoms with Gasteiger partial charge in [-0.25, -0.2) is 9.53 Å². The highest BCUT2D eigenvalue weighted by atomic mass is 16.7. The van der Waals surface area contributed by atoms with Gasteiger partial charge in [0.05, 0.1) is 5.56 Å². The van der Waals surface area contributed by atoms with Crippen LogP contribution in [0.5, 0.6) is 0 Å². The lowest BCUT2D eigenvalue weighted by atomic mass is 10.2. The molecule has 2 rings (SSSR count). The highest BCUT2D eigenvalue weighted by Gasteiger charge is 2.19. The maximum Gasteiger partial charge on any atom is 0.335 e. The fourth-order valence-electron chi connectivity index (χ4n) is 1.19. The lowest BCUT2D eigenvalue weighted by Crippen LogP contribution is -2.15. The van der Waals surface area contributed by atoms with Gasteiger partial charge in [0.2, 0.25) is 6.73 Å². The van der Waals surface area contributed by atoms with Crippen molar-refractivity contribution in [2.24, 2.45) is 0 Å². The van der Waals surface area contributed by atoms with E-state index in [0.29, 0.717) is 10.4 Å². The summed E-state index contributed by atoms with van der Waals surface area (Å²) in [6, 6.07) is 6.03. The molecule has 0 amide bonds. The fourth-order valence-corrected chi connectivity index (χ4v) is 1.19. The quantitative estimate of drug-likeness (QED) is 0.570. The summed E-state index contributed by atoms with van der Waals surface area (Å²) in [5, 5.41) is 20.8. The zero-order valence-corrected chi connectivity index (χ0v) is 7.66. The van der Waals surface area contributed by atoms with Crippen LogP contribution in [0.25, 0.3) is 0 Å². The Morgan fingerprint density at radius 3 is 2.60 bits per heavy atom. The van der Waals surface area contributed by atoms with E-state index in [1.807, 2.05) is 0 Å². The van der Waals surface area contributed by atoms with Crippen molar-refractivity contribution >= 4 is 18.0 Å². The predicted octanol–water partition coefficient (Wildman–Crippen LogP) is 0.632. The molecular weight excluding hydrogens is 200 g/mol. The van der Waals surface area contributed by atoms with Crippen LogP contribution >= 0.6 is 0 Å². The van der Waals surface area contributed by atoms with Gasteiger partial charge in [0, 0.05) is 0 Å². The number of carboxylic acids is 1. The van der Waals surface area contributed by atoms with Crippen LogP contribution in [0.1, 0.15) is 10.4 Å². The van der Waals surface area contributed by atoms with Crippen LogP contribution in [0, 0.1) is 5.21 Å². The maximum absolute atomic E-state index is 10.8. The molecule has 0 saturated heterocycles. The molecule has 1 aliphatic heterocycles. The lowest BCUT2D eigenvalue weighted by molar-refractivity contribution is -0.482. The molecule has 0 atom stereocenters. The van der Waals surface area contributed by atoms with E-state index in [9.17, 15) is 10.0 Å². The van der Waals surface area contributed by atoms with Crippen molar-refractivity contribution in [1.82, 2.24) is 0 Å². The minimum Gasteiger partial charge on any atom is -0.714 e. The Bertz CT molecular complexity index is 413. The average molecular weight is 208 g/mol. The third-order valence-corrected chi connectivity index (χ3v) is 1.93. The van der Waals surface area contributed by atoms with E-state index in [0.717, 1.165) is 0 Å². The van der Waals surface area contributed by atoms with Gasteiger partial charge in [-0.15, -0.1) is 4.84 Å². The number of anilines is 1. The number of rotatable bonds is 2. The second-order valence-electron chi connectivity index (χ2n) is 2.97. The molecule has 1 aromatic rings. The molecule has 15 heavy (non-hydrogen) atoms. The Labute approximate surface area is 85.2 Å². The molecular formula is C9H8N2O4. The third-order valence-electron chi connectivity index (χ3n) is 1.93. The molecule has 0 bridgehead atoms. The summed E-state index contributed by atoms with van der Waals surface area (Å²) >= 11 is 0. The first-order chi connectivity index (χ1) is 7.16. The average Bonchev–Trinajstić information content (AvgIpc) is 2.65. The molecule has 1 N–H and O–H groups in total. The van der Waals surface area contributed by atoms with E-state index in [1.165, 1.54) is 23.5 Å². The van der Waals surface area contributed by atoms with Crippen molar-refractivity contribution in [3.63, 3.8) is 0 Å². The SMILES string of the molecule is O=C(O)c1ccc(N2C=[N+]([O-])CO2)cc1. The van der Waals surface area contributed by atoms with Crippen molar-refractivity contribution in [1.29, 1.82) is 0 Å². The summed E-state index contributed by atoms with van der Waals surface area (Å²) in [4.78, 5) is 15.6. The van der Waals surface area contributed by atoms with Gasteiger partial charge in [-0.2, -0.15) is 0 Å². The largest absolute Gasteiger partial charge is 0.714 e. The van der Waals surface area contributed by atoms with Gasteiger partial charge in [0.25, 0.3) is 6.34 Å². The van der Waals surface area contributed by atoms with Crippen molar-refractivity contribution in [3.05, 3.63) is 35.0 Å². The van der Waals surface area contributed by atoms with E-state index in [4.69, 9.17) is 9.94 Å². The molecule has 0 radical (unpaired) electrons. The first-order valence-corrected chi connectivity index (χ1v) is 4.21. The van der Waals surface area contributed by atoms with Crippen LogP contribution < -0.4 is 5.06 Å². The zero-order valence-electron chi connectivity index (χ0n) is 7.66. The van der Waals surface area contributed by atoms with Gasteiger partial charge in [0.15, 0.2) is 5.69 Å². The smallest absolute Gasteiger partial charge is 0.335 e. The predicted molar refractivity (Wildman–Crippen MR) is 51.5 cm³/mol. The molecule has 0 saturated carbocycles. The number of hydroxylamine groups is 2. The summed E-state index contributed by atoms with van der Waals surface area (Å²) < 4.78 is 0.630. The van der Waals surface area contributed by atoms with Crippen molar-refractivity contribution in [2.45, 2.75) is 0 Å². The standard InChI is InChI=1S/C9H8N2O4/c12-9(13)7-1-3-8(4-2-7)11-5-10(14)6-15-11/h1-5H,6H2,(H,12,13). The number of carboxylic acid groups (broad SMARTS) is 1. The highest BCUT2D eigenvalue weighted by molar-refractivity contribution is 5.88. The van der Waals surface area contributed by atoms with Gasteiger partial charge in [-0.1, -0.05) is 5.06 Å². The van der Waals surface area contributed by atoms with Gasteiger partial charge in [-0.05, 0) is 24.3 Å². The zero-order chi connectivity index (χ0) is 10.8. The van der Waals surface area contributed by atoms with Crippen LogP contribution in [0.2, 0.25) is 0 Å². The van der Waals surface area contributed by atoms with Crippen molar-refractivity contribution < 1.29 is 19.5 Å². The highest BCUT2D eigenvalue weighted by Crippen LogP contribution is 2.16. The summed E-state index contributed by atoms with van der Waals surface area (Å²) in [5.74, 6) is -0.988. The summed E-state index contributed by atoms with van der Waals surface area (Å²) in [7, 11) is 0. The molecule has 0 spiro atoms. The number of hydrogen-bond donors (Lipinski definition) is 1. The van der Waals surface area contributed by atoms with E-state index in [1.54, 1.807) is 12.1 Å². The third kappa shape index (κ3) is 1.89. The molecule has 1 aliphatic rings. The summed E-state index contributed by atoms with van der Waals surface area (Å²) in [6.07, 6.45) is 1.25. The Morgan fingerprint density at radius 2 is 2.13 bits per heavy atom. The fraction of sp³-hybridized carbons (Fsp3) is 0.111. The monoisotopic (exact) mass is 208 g/mol. The topological polar surface area (TPSA) is 75.8 Å². The Hall–Kier alpha value is -2.08. The molecule has 1 aromatic carbocycles. The van der Waals surface area contributed by atoms with Crippen LogP contribution in [-0.2, 0) is 4.84 Å². The number of carbonyl (C=O) groups is 1. The molecule has 0 aromatic heterocycles. The number of benzene rings is 1. The summed E-state index contributed by atoms with van der Waals surface area (Å²) in [5.41, 5.74) is 0.801. The van der Waals surface area contributed by atoms with Crippen molar-refractivity contribution in [2.75, 3.05) is 11.8 Å². The van der Waals surface area contributed by atoms with Crippen LogP contribution in [0.15, 0.2) is 24.3 Å². The molecule has 78 valence electrons. The molecule has 6 nitrogen and oxygen atoms in total. The minimum absolute atomic E-state index is 0.0549. The van der Waals surface area contributed by atoms with Crippen LogP contribution in [0.3, 0.4) is 0 Å². The van der Waals surface area contributed by atoms with Crippen molar-refractivity contribution in [3.8, 4) is 0 Å². The summed E-state index contributed by atoms with van der Waals surface area (Å²) in [6.45, 7) is -0.0549. The normalized spacial score (nSPS) is 15.2. The second kappa shape index (κ2) is 3.58. The molecule has 0 aliphatic carbocycles. The van der Waals surface area contributed by atoms with Gasteiger partial charge in [0.1, 0.15) is 0 Å². The minimum atomic E-state index is -0.988. The maximum atomic E-state index is 10.8. The lowest BCUT2D eigenvalue weighted by Gasteiger charge is -2.03. The van der Waals surface area contributed by atoms with Crippen LogP contribution in [-0.4, -0.2) is 28.9 Å². The second-order valence-corrected chi connectivity index (χ2v) is 2.97. The van der Waals surface area contributed by atoms with Gasteiger partial charge < -0.3 is 10.3 Å². The Balaban J connectivity index is 2.21. The number of aromatic carboxylic acids is 1. The first kappa shape index (κ1) is 9.47. The molecule has 0 unspecified atom stereocenters. The molecule has 0 fully saturated rings. The molecule has 1 heterocycles. The van der Waals surface area contributed by atoms with E-state index >= 15 is 0 Å². The van der Waals surface area contributed by atoms with E-state index in [2.05, 4.69) is 0 Å². The van der Waals surface area contributed by atoms with Gasteiger partial charge >= 0.3 is 5.97 Å². The number of hydrogen-bond acceptors (Lipinski definition) is 4.